The summed E-state index contributed by atoms with van der Waals surface area (Å²) >= 11 is 0. The quantitative estimate of drug-likeness (QED) is 0.723. The standard InChI is InChI=1S/C11H21NO3/c1-8-5-9(7-13)12(6-8)10(14)15-11(2,3)4/h8-9,13H,5-7H2,1-4H3/t8-,9+/m0/s1. The molecule has 0 unspecified atom stereocenters. The van der Waals surface area contributed by atoms with Crippen LogP contribution in [-0.2, 0) is 4.74 Å². The van der Waals surface area contributed by atoms with Crippen molar-refractivity contribution in [2.24, 2.45) is 5.92 Å². The first kappa shape index (κ1) is 12.3. The molecule has 0 spiro atoms. The van der Waals surface area contributed by atoms with Gasteiger partial charge < -0.3 is 14.7 Å². The van der Waals surface area contributed by atoms with Crippen LogP contribution in [0.2, 0.25) is 0 Å². The highest BCUT2D eigenvalue weighted by atomic mass is 16.6. The number of nitrogens with zero attached hydrogens (tertiary/aromatic N) is 1. The SMILES string of the molecule is C[C@H]1C[C@H](CO)N(C(=O)OC(C)(C)C)C1. The highest BCUT2D eigenvalue weighted by Crippen LogP contribution is 2.24. The van der Waals surface area contributed by atoms with E-state index in [4.69, 9.17) is 9.84 Å². The Labute approximate surface area is 91.2 Å². The lowest BCUT2D eigenvalue weighted by Crippen LogP contribution is -2.41. The van der Waals surface area contributed by atoms with Gasteiger partial charge in [0.25, 0.3) is 0 Å². The Balaban J connectivity index is 2.59. The molecule has 0 bridgehead atoms. The summed E-state index contributed by atoms with van der Waals surface area (Å²) < 4.78 is 5.28. The molecule has 0 radical (unpaired) electrons. The molecule has 0 aromatic heterocycles. The number of aliphatic hydroxyl groups is 1. The van der Waals surface area contributed by atoms with Gasteiger partial charge in [0.1, 0.15) is 5.60 Å². The molecule has 1 fully saturated rings. The molecule has 1 amide bonds. The monoisotopic (exact) mass is 215 g/mol. The van der Waals surface area contributed by atoms with Gasteiger partial charge in [-0.05, 0) is 33.1 Å². The maximum Gasteiger partial charge on any atom is 0.410 e. The summed E-state index contributed by atoms with van der Waals surface area (Å²) in [5.41, 5.74) is -0.469. The van der Waals surface area contributed by atoms with E-state index < -0.39 is 5.60 Å². The maximum atomic E-state index is 11.8. The summed E-state index contributed by atoms with van der Waals surface area (Å²) in [5, 5.41) is 9.15. The lowest BCUT2D eigenvalue weighted by Gasteiger charge is -2.27. The van der Waals surface area contributed by atoms with Crippen molar-refractivity contribution in [3.8, 4) is 0 Å². The average molecular weight is 215 g/mol. The fourth-order valence-corrected chi connectivity index (χ4v) is 1.87. The van der Waals surface area contributed by atoms with Gasteiger partial charge in [-0.2, -0.15) is 0 Å². The molecular weight excluding hydrogens is 194 g/mol. The van der Waals surface area contributed by atoms with Crippen molar-refractivity contribution in [2.45, 2.75) is 45.8 Å². The predicted octanol–water partition coefficient (Wildman–Crippen LogP) is 1.62. The van der Waals surface area contributed by atoms with E-state index in [0.29, 0.717) is 12.5 Å². The third-order valence-electron chi connectivity index (χ3n) is 2.46. The second kappa shape index (κ2) is 4.39. The number of hydrogen-bond donors (Lipinski definition) is 1. The fraction of sp³-hybridized carbons (Fsp3) is 0.909. The second-order valence-electron chi connectivity index (χ2n) is 5.31. The molecule has 4 heteroatoms. The Morgan fingerprint density at radius 2 is 2.13 bits per heavy atom. The minimum absolute atomic E-state index is 0.0174. The van der Waals surface area contributed by atoms with Crippen LogP contribution >= 0.6 is 0 Å². The van der Waals surface area contributed by atoms with Crippen LogP contribution < -0.4 is 0 Å². The molecule has 1 heterocycles. The van der Waals surface area contributed by atoms with Crippen LogP contribution in [0, 0.1) is 5.92 Å². The number of carbonyl (C=O) groups is 1. The number of hydrogen-bond acceptors (Lipinski definition) is 3. The average Bonchev–Trinajstić information content (AvgIpc) is 2.43. The largest absolute Gasteiger partial charge is 0.444 e. The van der Waals surface area contributed by atoms with E-state index in [1.54, 1.807) is 4.90 Å². The summed E-state index contributed by atoms with van der Waals surface area (Å²) in [6, 6.07) is -0.0742. The summed E-state index contributed by atoms with van der Waals surface area (Å²) in [6.07, 6.45) is 0.543. The van der Waals surface area contributed by atoms with E-state index in [1.807, 2.05) is 20.8 Å². The predicted molar refractivity (Wildman–Crippen MR) is 57.6 cm³/mol. The van der Waals surface area contributed by atoms with Crippen molar-refractivity contribution in [1.29, 1.82) is 0 Å². The number of carbonyl (C=O) groups excluding carboxylic acids is 1. The molecule has 88 valence electrons. The van der Waals surface area contributed by atoms with Crippen LogP contribution in [0.4, 0.5) is 4.79 Å². The van der Waals surface area contributed by atoms with Crippen molar-refractivity contribution >= 4 is 6.09 Å². The van der Waals surface area contributed by atoms with Gasteiger partial charge in [0.05, 0.1) is 12.6 Å². The Morgan fingerprint density at radius 3 is 2.60 bits per heavy atom. The normalized spacial score (nSPS) is 26.9. The highest BCUT2D eigenvalue weighted by Gasteiger charge is 2.35. The Kier molecular flexibility index (Phi) is 3.60. The number of ether oxygens (including phenoxy) is 1. The number of rotatable bonds is 1. The van der Waals surface area contributed by atoms with Crippen LogP contribution in [0.5, 0.6) is 0 Å². The molecule has 1 saturated heterocycles. The van der Waals surface area contributed by atoms with Crippen LogP contribution in [-0.4, -0.2) is 40.9 Å². The van der Waals surface area contributed by atoms with E-state index in [9.17, 15) is 4.79 Å². The van der Waals surface area contributed by atoms with Gasteiger partial charge in [-0.15, -0.1) is 0 Å². The molecule has 4 nitrogen and oxygen atoms in total. The minimum Gasteiger partial charge on any atom is -0.444 e. The summed E-state index contributed by atoms with van der Waals surface area (Å²) in [4.78, 5) is 13.4. The number of amides is 1. The number of aliphatic hydroxyl groups excluding tert-OH is 1. The summed E-state index contributed by atoms with van der Waals surface area (Å²) in [7, 11) is 0. The fourth-order valence-electron chi connectivity index (χ4n) is 1.87. The van der Waals surface area contributed by atoms with Crippen LogP contribution in [0.3, 0.4) is 0 Å². The van der Waals surface area contributed by atoms with Crippen LogP contribution in [0.15, 0.2) is 0 Å². The van der Waals surface area contributed by atoms with Crippen molar-refractivity contribution in [2.75, 3.05) is 13.2 Å². The van der Waals surface area contributed by atoms with Crippen molar-refractivity contribution in [3.63, 3.8) is 0 Å². The third kappa shape index (κ3) is 3.38. The molecule has 0 aromatic rings. The molecule has 1 aliphatic heterocycles. The first-order valence-corrected chi connectivity index (χ1v) is 5.44. The van der Waals surface area contributed by atoms with Gasteiger partial charge in [-0.1, -0.05) is 6.92 Å². The Hall–Kier alpha value is -0.770. The van der Waals surface area contributed by atoms with Crippen molar-refractivity contribution in [1.82, 2.24) is 4.90 Å². The van der Waals surface area contributed by atoms with Gasteiger partial charge in [-0.3, -0.25) is 0 Å². The summed E-state index contributed by atoms with van der Waals surface area (Å²) in [6.45, 7) is 8.31. The van der Waals surface area contributed by atoms with E-state index in [-0.39, 0.29) is 18.7 Å². The Bertz CT molecular complexity index is 234. The molecule has 1 rings (SSSR count). The van der Waals surface area contributed by atoms with Gasteiger partial charge in [0.15, 0.2) is 0 Å². The molecule has 15 heavy (non-hydrogen) atoms. The third-order valence-corrected chi connectivity index (χ3v) is 2.46. The van der Waals surface area contributed by atoms with E-state index >= 15 is 0 Å². The molecule has 1 N–H and O–H groups in total. The molecular formula is C11H21NO3. The zero-order chi connectivity index (χ0) is 11.6. The van der Waals surface area contributed by atoms with E-state index in [2.05, 4.69) is 6.92 Å². The van der Waals surface area contributed by atoms with Crippen LogP contribution in [0.25, 0.3) is 0 Å². The minimum atomic E-state index is -0.469. The van der Waals surface area contributed by atoms with Gasteiger partial charge in [0, 0.05) is 6.54 Å². The smallest absolute Gasteiger partial charge is 0.410 e. The first-order valence-electron chi connectivity index (χ1n) is 5.44. The van der Waals surface area contributed by atoms with E-state index in [0.717, 1.165) is 6.42 Å². The topological polar surface area (TPSA) is 49.8 Å². The highest BCUT2D eigenvalue weighted by molar-refractivity contribution is 5.69. The van der Waals surface area contributed by atoms with Gasteiger partial charge in [-0.25, -0.2) is 4.79 Å². The number of likely N-dealkylation sites (tertiary alicyclic amines) is 1. The lowest BCUT2D eigenvalue weighted by molar-refractivity contribution is 0.0173. The Morgan fingerprint density at radius 1 is 1.53 bits per heavy atom. The molecule has 1 aliphatic rings. The van der Waals surface area contributed by atoms with Gasteiger partial charge in [0.2, 0.25) is 0 Å². The van der Waals surface area contributed by atoms with Crippen LogP contribution in [0.1, 0.15) is 34.1 Å². The summed E-state index contributed by atoms with van der Waals surface area (Å²) in [5.74, 6) is 0.440. The zero-order valence-corrected chi connectivity index (χ0v) is 9.99. The molecule has 0 saturated carbocycles. The van der Waals surface area contributed by atoms with E-state index in [1.165, 1.54) is 0 Å². The van der Waals surface area contributed by atoms with Gasteiger partial charge >= 0.3 is 6.09 Å². The second-order valence-corrected chi connectivity index (χ2v) is 5.31. The first-order chi connectivity index (χ1) is 6.83. The van der Waals surface area contributed by atoms with Crippen molar-refractivity contribution in [3.05, 3.63) is 0 Å². The molecule has 2 atom stereocenters. The molecule has 0 aromatic carbocycles. The maximum absolute atomic E-state index is 11.8. The zero-order valence-electron chi connectivity index (χ0n) is 9.99. The lowest BCUT2D eigenvalue weighted by atomic mass is 10.1. The molecule has 0 aliphatic carbocycles. The van der Waals surface area contributed by atoms with Crippen molar-refractivity contribution < 1.29 is 14.6 Å².